The molecule has 2 N–H and O–H groups in total. The molecule has 12 heteroatoms. The van der Waals surface area contributed by atoms with E-state index in [4.69, 9.17) is 32.7 Å². The molecule has 2 aliphatic rings. The van der Waals surface area contributed by atoms with Gasteiger partial charge >= 0.3 is 16.5 Å². The molecule has 1 amide bonds. The number of cyclic esters (lactones) is 1. The second-order valence-corrected chi connectivity index (χ2v) is 11.1. The summed E-state index contributed by atoms with van der Waals surface area (Å²) in [7, 11) is 1.44. The summed E-state index contributed by atoms with van der Waals surface area (Å²) in [6.07, 6.45) is 2.85. The maximum absolute atomic E-state index is 13.9. The lowest BCUT2D eigenvalue weighted by Gasteiger charge is -2.21. The largest absolute Gasteiger partial charge is 0.496 e. The number of halogens is 3. The highest BCUT2D eigenvalue weighted by atomic mass is 35.5. The number of carboxylic acids is 1. The highest BCUT2D eigenvalue weighted by Gasteiger charge is 2.38. The highest BCUT2D eigenvalue weighted by Crippen LogP contribution is 2.42. The zero-order chi connectivity index (χ0) is 26.6. The smallest absolute Gasteiger partial charge is 0.341 e. The number of allylic oxidation sites excluding steroid dienone is 2. The van der Waals surface area contributed by atoms with Gasteiger partial charge in [0.15, 0.2) is 0 Å². The third-order valence-electron chi connectivity index (χ3n) is 6.36. The van der Waals surface area contributed by atoms with Gasteiger partial charge in [0.1, 0.15) is 12.4 Å². The Kier molecular flexibility index (Phi) is 9.54. The lowest BCUT2D eigenvalue weighted by atomic mass is 9.92. The molecule has 0 radical (unpaired) electrons. The summed E-state index contributed by atoms with van der Waals surface area (Å²) < 4.78 is 21.4. The van der Waals surface area contributed by atoms with Crippen LogP contribution in [0.15, 0.2) is 11.6 Å². The molecular formula is C24H29Cl2FN2O6S. The highest BCUT2D eigenvalue weighted by molar-refractivity contribution is 7.99. The number of aliphatic carboxylic acids is 1. The molecule has 198 valence electrons. The molecular weight excluding hydrogens is 534 g/mol. The van der Waals surface area contributed by atoms with Crippen LogP contribution in [-0.4, -0.2) is 64.3 Å². The summed E-state index contributed by atoms with van der Waals surface area (Å²) in [5.41, 5.74) is 2.47. The van der Waals surface area contributed by atoms with Gasteiger partial charge in [-0.3, -0.25) is 14.5 Å². The number of nitrogens with one attached hydrogen (secondary N) is 1. The average Bonchev–Trinajstić information content (AvgIpc) is 3.46. The predicted octanol–water partition coefficient (Wildman–Crippen LogP) is 4.69. The molecule has 36 heavy (non-hydrogen) atoms. The van der Waals surface area contributed by atoms with E-state index in [9.17, 15) is 23.9 Å². The Hall–Kier alpha value is -2.01. The average molecular weight is 563 g/mol. The first-order valence-corrected chi connectivity index (χ1v) is 13.3. The Labute approximate surface area is 223 Å². The zero-order valence-electron chi connectivity index (χ0n) is 20.3. The summed E-state index contributed by atoms with van der Waals surface area (Å²) in [5, 5.41) is 12.1. The van der Waals surface area contributed by atoms with Crippen molar-refractivity contribution >= 4 is 58.5 Å². The van der Waals surface area contributed by atoms with E-state index >= 15 is 0 Å². The van der Waals surface area contributed by atoms with Crippen LogP contribution in [0.1, 0.15) is 46.8 Å². The van der Waals surface area contributed by atoms with Gasteiger partial charge in [-0.05, 0) is 45.2 Å². The number of amides is 1. The number of hydrogen-bond acceptors (Lipinski definition) is 7. The summed E-state index contributed by atoms with van der Waals surface area (Å²) in [5.74, 6) is -1.08. The quantitative estimate of drug-likeness (QED) is 0.227. The van der Waals surface area contributed by atoms with Gasteiger partial charge in [0.05, 0.1) is 24.3 Å². The first-order valence-electron chi connectivity index (χ1n) is 11.4. The van der Waals surface area contributed by atoms with Crippen LogP contribution < -0.4 is 10.1 Å². The van der Waals surface area contributed by atoms with Crippen LogP contribution in [-0.2, 0) is 27.4 Å². The maximum Gasteiger partial charge on any atom is 0.341 e. The van der Waals surface area contributed by atoms with E-state index in [0.717, 1.165) is 30.3 Å². The fraction of sp³-hybridized carbons (Fsp3) is 0.542. The van der Waals surface area contributed by atoms with Crippen LogP contribution in [0.2, 0.25) is 0 Å². The van der Waals surface area contributed by atoms with Crippen molar-refractivity contribution in [2.75, 3.05) is 37.1 Å². The minimum Gasteiger partial charge on any atom is -0.496 e. The van der Waals surface area contributed by atoms with Crippen LogP contribution in [0.25, 0.3) is 0 Å². The van der Waals surface area contributed by atoms with Gasteiger partial charge in [0.25, 0.3) is 5.91 Å². The number of ether oxygens (including phenoxy) is 2. The fourth-order valence-electron chi connectivity index (χ4n) is 4.40. The third kappa shape index (κ3) is 6.65. The second-order valence-electron chi connectivity index (χ2n) is 8.83. The van der Waals surface area contributed by atoms with Gasteiger partial charge in [-0.2, -0.15) is 4.39 Å². The SMILES string of the molecule is COc1c(C)c2c(c(NC(=O)C(F)(Cl)Cl)c1C/C=C(\C)CC(CCN1CCSC1)C(=O)O)C(=O)OC2. The van der Waals surface area contributed by atoms with Crippen molar-refractivity contribution in [3.05, 3.63) is 33.9 Å². The Morgan fingerprint density at radius 1 is 1.42 bits per heavy atom. The fourth-order valence-corrected chi connectivity index (χ4v) is 5.53. The molecule has 2 aliphatic heterocycles. The number of benzene rings is 1. The van der Waals surface area contributed by atoms with E-state index in [0.29, 0.717) is 35.3 Å². The number of rotatable bonds is 11. The molecule has 8 nitrogen and oxygen atoms in total. The molecule has 1 saturated heterocycles. The molecule has 1 aromatic carbocycles. The number of nitrogens with zero attached hydrogens (tertiary/aromatic N) is 1. The van der Waals surface area contributed by atoms with Gasteiger partial charge in [-0.25, -0.2) is 4.79 Å². The number of thioether (sulfide) groups is 1. The number of methoxy groups -OCH3 is 1. The molecule has 0 aliphatic carbocycles. The monoisotopic (exact) mass is 562 g/mol. The van der Waals surface area contributed by atoms with E-state index in [1.165, 1.54) is 7.11 Å². The number of anilines is 1. The Bertz CT molecular complexity index is 1070. The van der Waals surface area contributed by atoms with Crippen molar-refractivity contribution < 1.29 is 33.4 Å². The topological polar surface area (TPSA) is 105 Å². The molecule has 1 aromatic rings. The number of alkyl halides is 3. The lowest BCUT2D eigenvalue weighted by Crippen LogP contribution is -2.29. The van der Waals surface area contributed by atoms with Crippen molar-refractivity contribution in [1.29, 1.82) is 0 Å². The van der Waals surface area contributed by atoms with Crippen molar-refractivity contribution in [1.82, 2.24) is 4.90 Å². The van der Waals surface area contributed by atoms with E-state index in [1.54, 1.807) is 6.92 Å². The van der Waals surface area contributed by atoms with Crippen LogP contribution >= 0.6 is 35.0 Å². The minimum absolute atomic E-state index is 0.00800. The summed E-state index contributed by atoms with van der Waals surface area (Å²) in [4.78, 5) is 38.9. The van der Waals surface area contributed by atoms with E-state index < -0.39 is 28.4 Å². The minimum atomic E-state index is -3.22. The molecule has 1 fully saturated rings. The zero-order valence-corrected chi connectivity index (χ0v) is 22.6. The van der Waals surface area contributed by atoms with Crippen LogP contribution in [0.3, 0.4) is 0 Å². The van der Waals surface area contributed by atoms with Crippen molar-refractivity contribution in [2.24, 2.45) is 5.92 Å². The Morgan fingerprint density at radius 3 is 2.72 bits per heavy atom. The molecule has 0 spiro atoms. The van der Waals surface area contributed by atoms with Crippen molar-refractivity contribution in [3.63, 3.8) is 0 Å². The predicted molar refractivity (Wildman–Crippen MR) is 138 cm³/mol. The summed E-state index contributed by atoms with van der Waals surface area (Å²) in [6.45, 7) is 5.24. The van der Waals surface area contributed by atoms with Crippen LogP contribution in [0.4, 0.5) is 10.1 Å². The number of fused-ring (bicyclic) bond motifs is 1. The first-order chi connectivity index (χ1) is 16.9. The molecule has 0 bridgehead atoms. The van der Waals surface area contributed by atoms with E-state index in [2.05, 4.69) is 10.2 Å². The molecule has 0 aromatic heterocycles. The molecule has 2 heterocycles. The normalized spacial score (nSPS) is 17.1. The van der Waals surface area contributed by atoms with Crippen molar-refractivity contribution in [3.8, 4) is 5.75 Å². The molecule has 1 atom stereocenters. The standard InChI is InChI=1S/C24H29Cl2FN2O6S/c1-13(10-15(21(30)31)6-7-29-8-9-36-12-29)4-5-16-19(28-23(33)24(25,26)27)18-17(11-35-22(18)32)14(2)20(16)34-3/h4,15H,5-12H2,1-3H3,(H,28,33)(H,30,31)/b13-4+. The van der Waals surface area contributed by atoms with Gasteiger partial charge in [0.2, 0.25) is 0 Å². The number of carbonyl (C=O) groups is 3. The summed E-state index contributed by atoms with van der Waals surface area (Å²) in [6, 6.07) is 0. The van der Waals surface area contributed by atoms with Gasteiger partial charge in [0, 0.05) is 29.3 Å². The van der Waals surface area contributed by atoms with Crippen LogP contribution in [0.5, 0.6) is 5.75 Å². The number of carbonyl (C=O) groups excluding carboxylic acids is 2. The third-order valence-corrected chi connectivity index (χ3v) is 7.73. The van der Waals surface area contributed by atoms with E-state index in [1.807, 2.05) is 24.8 Å². The van der Waals surface area contributed by atoms with Gasteiger partial charge < -0.3 is 19.9 Å². The first kappa shape index (κ1) is 28.6. The van der Waals surface area contributed by atoms with Crippen LogP contribution in [0, 0.1) is 12.8 Å². The van der Waals surface area contributed by atoms with Gasteiger partial charge in [-0.1, -0.05) is 34.9 Å². The lowest BCUT2D eigenvalue weighted by molar-refractivity contribution is -0.142. The van der Waals surface area contributed by atoms with Gasteiger partial charge in [-0.15, -0.1) is 11.8 Å². The molecule has 3 rings (SSSR count). The Morgan fingerprint density at radius 2 is 2.14 bits per heavy atom. The number of carboxylic acid groups (broad SMARTS) is 1. The number of hydrogen-bond donors (Lipinski definition) is 2. The molecule has 0 saturated carbocycles. The number of esters is 1. The molecule has 1 unspecified atom stereocenters. The Balaban J connectivity index is 1.90. The maximum atomic E-state index is 13.9. The van der Waals surface area contributed by atoms with E-state index in [-0.39, 0.29) is 24.3 Å². The van der Waals surface area contributed by atoms with Crippen molar-refractivity contribution in [2.45, 2.75) is 44.3 Å². The summed E-state index contributed by atoms with van der Waals surface area (Å²) >= 11 is 12.5. The second kappa shape index (κ2) is 12.0.